The molecule has 0 spiro atoms. The predicted molar refractivity (Wildman–Crippen MR) is 57.0 cm³/mol. The second kappa shape index (κ2) is 3.39. The molecule has 0 saturated heterocycles. The molecule has 0 radical (unpaired) electrons. The van der Waals surface area contributed by atoms with Gasteiger partial charge in [0.15, 0.2) is 0 Å². The van der Waals surface area contributed by atoms with Crippen LogP contribution in [-0.4, -0.2) is 16.3 Å². The predicted octanol–water partition coefficient (Wildman–Crippen LogP) is 1.62. The molecule has 78 valence electrons. The summed E-state index contributed by atoms with van der Waals surface area (Å²) in [5.74, 6) is 0. The summed E-state index contributed by atoms with van der Waals surface area (Å²) in [5, 5.41) is 7.73. The lowest BCUT2D eigenvalue weighted by Gasteiger charge is -2.09. The van der Waals surface area contributed by atoms with Crippen LogP contribution in [0.1, 0.15) is 31.0 Å². The molecule has 1 heterocycles. The van der Waals surface area contributed by atoms with Gasteiger partial charge in [-0.3, -0.25) is 4.68 Å². The fourth-order valence-electron chi connectivity index (χ4n) is 1.61. The van der Waals surface area contributed by atoms with E-state index < -0.39 is 0 Å². The smallest absolute Gasteiger partial charge is 0.0537 e. The molecule has 2 rings (SSSR count). The number of hydrogen-bond acceptors (Lipinski definition) is 2. The lowest BCUT2D eigenvalue weighted by atomic mass is 10.1. The first-order chi connectivity index (χ1) is 6.61. The third kappa shape index (κ3) is 1.98. The fraction of sp³-hybridized carbons (Fsp3) is 0.727. The Labute approximate surface area is 85.5 Å². The molecule has 1 saturated carbocycles. The maximum atomic E-state index is 4.22. The Hall–Kier alpha value is -0.830. The standard InChI is InChI=1S/C11H19N3/c1-9-10(7-13-14(9)3)6-12-8-11(2)4-5-11/h7,12H,4-6,8H2,1-3H3. The van der Waals surface area contributed by atoms with E-state index in [9.17, 15) is 0 Å². The van der Waals surface area contributed by atoms with Gasteiger partial charge in [0.2, 0.25) is 0 Å². The topological polar surface area (TPSA) is 29.9 Å². The minimum absolute atomic E-state index is 0.593. The maximum Gasteiger partial charge on any atom is 0.0537 e. The molecule has 1 aromatic rings. The molecule has 0 unspecified atom stereocenters. The average Bonchev–Trinajstić information content (AvgIpc) is 2.80. The molecule has 0 aliphatic heterocycles. The molecule has 0 bridgehead atoms. The SMILES string of the molecule is Cc1c(CNCC2(C)CC2)cnn1C. The zero-order valence-corrected chi connectivity index (χ0v) is 9.30. The Morgan fingerprint density at radius 2 is 2.29 bits per heavy atom. The summed E-state index contributed by atoms with van der Waals surface area (Å²) < 4.78 is 1.93. The molecule has 0 aromatic carbocycles. The van der Waals surface area contributed by atoms with Crippen LogP contribution in [0.15, 0.2) is 6.20 Å². The van der Waals surface area contributed by atoms with Gasteiger partial charge in [0, 0.05) is 31.4 Å². The number of aromatic nitrogens is 2. The van der Waals surface area contributed by atoms with Crippen molar-refractivity contribution in [2.45, 2.75) is 33.2 Å². The molecule has 3 heteroatoms. The van der Waals surface area contributed by atoms with Gasteiger partial charge in [0.1, 0.15) is 0 Å². The van der Waals surface area contributed by atoms with E-state index in [-0.39, 0.29) is 0 Å². The highest BCUT2D eigenvalue weighted by Crippen LogP contribution is 2.44. The van der Waals surface area contributed by atoms with Gasteiger partial charge in [0.25, 0.3) is 0 Å². The van der Waals surface area contributed by atoms with Gasteiger partial charge in [-0.15, -0.1) is 0 Å². The Balaban J connectivity index is 1.83. The first kappa shape index (κ1) is 9.71. The number of rotatable bonds is 4. The molecule has 1 N–H and O–H groups in total. The van der Waals surface area contributed by atoms with E-state index in [2.05, 4.69) is 24.3 Å². The molecule has 0 amide bonds. The highest BCUT2D eigenvalue weighted by molar-refractivity contribution is 5.15. The van der Waals surface area contributed by atoms with Crippen LogP contribution in [0.4, 0.5) is 0 Å². The summed E-state index contributed by atoms with van der Waals surface area (Å²) in [5.41, 5.74) is 3.17. The van der Waals surface area contributed by atoms with E-state index in [1.807, 2.05) is 17.9 Å². The van der Waals surface area contributed by atoms with Crippen LogP contribution in [0, 0.1) is 12.3 Å². The third-order valence-electron chi connectivity index (χ3n) is 3.31. The molecule has 1 fully saturated rings. The van der Waals surface area contributed by atoms with E-state index >= 15 is 0 Å². The van der Waals surface area contributed by atoms with Gasteiger partial charge in [-0.05, 0) is 25.2 Å². The van der Waals surface area contributed by atoms with E-state index in [1.165, 1.54) is 24.1 Å². The quantitative estimate of drug-likeness (QED) is 0.787. The normalized spacial score (nSPS) is 18.5. The van der Waals surface area contributed by atoms with Gasteiger partial charge in [-0.1, -0.05) is 6.92 Å². The van der Waals surface area contributed by atoms with Crippen molar-refractivity contribution in [3.05, 3.63) is 17.5 Å². The zero-order chi connectivity index (χ0) is 10.2. The highest BCUT2D eigenvalue weighted by atomic mass is 15.3. The highest BCUT2D eigenvalue weighted by Gasteiger charge is 2.36. The number of aryl methyl sites for hydroxylation is 1. The third-order valence-corrected chi connectivity index (χ3v) is 3.31. The second-order valence-electron chi connectivity index (χ2n) is 4.79. The summed E-state index contributed by atoms with van der Waals surface area (Å²) in [6.07, 6.45) is 4.72. The van der Waals surface area contributed by atoms with Crippen LogP contribution in [0.2, 0.25) is 0 Å². The molecular weight excluding hydrogens is 174 g/mol. The van der Waals surface area contributed by atoms with Crippen molar-refractivity contribution < 1.29 is 0 Å². The summed E-state index contributed by atoms with van der Waals surface area (Å²) in [6.45, 7) is 6.55. The average molecular weight is 193 g/mol. The molecule has 1 aliphatic carbocycles. The van der Waals surface area contributed by atoms with Gasteiger partial charge in [-0.25, -0.2) is 0 Å². The number of nitrogens with zero attached hydrogens (tertiary/aromatic N) is 2. The van der Waals surface area contributed by atoms with Crippen molar-refractivity contribution in [2.75, 3.05) is 6.54 Å². The number of hydrogen-bond donors (Lipinski definition) is 1. The Bertz CT molecular complexity index is 323. The van der Waals surface area contributed by atoms with Crippen molar-refractivity contribution in [3.8, 4) is 0 Å². The van der Waals surface area contributed by atoms with Crippen LogP contribution in [-0.2, 0) is 13.6 Å². The minimum atomic E-state index is 0.593. The Kier molecular flexibility index (Phi) is 2.35. The lowest BCUT2D eigenvalue weighted by molar-refractivity contribution is 0.499. The molecule has 1 aromatic heterocycles. The van der Waals surface area contributed by atoms with E-state index in [0.29, 0.717) is 5.41 Å². The van der Waals surface area contributed by atoms with Crippen molar-refractivity contribution in [1.29, 1.82) is 0 Å². The molecule has 14 heavy (non-hydrogen) atoms. The van der Waals surface area contributed by atoms with E-state index in [4.69, 9.17) is 0 Å². The Morgan fingerprint density at radius 1 is 1.57 bits per heavy atom. The minimum Gasteiger partial charge on any atom is -0.312 e. The van der Waals surface area contributed by atoms with Crippen molar-refractivity contribution in [2.24, 2.45) is 12.5 Å². The zero-order valence-electron chi connectivity index (χ0n) is 9.30. The largest absolute Gasteiger partial charge is 0.312 e. The van der Waals surface area contributed by atoms with Gasteiger partial charge >= 0.3 is 0 Å². The summed E-state index contributed by atoms with van der Waals surface area (Å²) in [4.78, 5) is 0. The van der Waals surface area contributed by atoms with Crippen LogP contribution < -0.4 is 5.32 Å². The Morgan fingerprint density at radius 3 is 2.79 bits per heavy atom. The van der Waals surface area contributed by atoms with Gasteiger partial charge in [-0.2, -0.15) is 5.10 Å². The first-order valence-electron chi connectivity index (χ1n) is 5.29. The van der Waals surface area contributed by atoms with E-state index in [1.54, 1.807) is 0 Å². The van der Waals surface area contributed by atoms with Crippen LogP contribution in [0.25, 0.3) is 0 Å². The van der Waals surface area contributed by atoms with Crippen LogP contribution in [0.3, 0.4) is 0 Å². The van der Waals surface area contributed by atoms with Gasteiger partial charge < -0.3 is 5.32 Å². The summed E-state index contributed by atoms with van der Waals surface area (Å²) >= 11 is 0. The van der Waals surface area contributed by atoms with Crippen molar-refractivity contribution >= 4 is 0 Å². The fourth-order valence-corrected chi connectivity index (χ4v) is 1.61. The molecule has 1 aliphatic rings. The molecular formula is C11H19N3. The van der Waals surface area contributed by atoms with Crippen molar-refractivity contribution in [3.63, 3.8) is 0 Å². The van der Waals surface area contributed by atoms with Crippen LogP contribution >= 0.6 is 0 Å². The van der Waals surface area contributed by atoms with Gasteiger partial charge in [0.05, 0.1) is 6.20 Å². The van der Waals surface area contributed by atoms with Crippen molar-refractivity contribution in [1.82, 2.24) is 15.1 Å². The molecule has 0 atom stereocenters. The number of nitrogens with one attached hydrogen (secondary N) is 1. The lowest BCUT2D eigenvalue weighted by Crippen LogP contribution is -2.21. The van der Waals surface area contributed by atoms with Crippen LogP contribution in [0.5, 0.6) is 0 Å². The molecule has 3 nitrogen and oxygen atoms in total. The summed E-state index contributed by atoms with van der Waals surface area (Å²) in [7, 11) is 1.99. The first-order valence-corrected chi connectivity index (χ1v) is 5.29. The van der Waals surface area contributed by atoms with E-state index in [0.717, 1.165) is 13.1 Å². The summed E-state index contributed by atoms with van der Waals surface area (Å²) in [6, 6.07) is 0. The second-order valence-corrected chi connectivity index (χ2v) is 4.79. The monoisotopic (exact) mass is 193 g/mol. The maximum absolute atomic E-state index is 4.22.